The van der Waals surface area contributed by atoms with Gasteiger partial charge in [0.1, 0.15) is 11.5 Å². The van der Waals surface area contributed by atoms with E-state index in [0.717, 1.165) is 28.3 Å². The third-order valence-corrected chi connectivity index (χ3v) is 5.16. The Morgan fingerprint density at radius 3 is 2.80 bits per heavy atom. The Labute approximate surface area is 149 Å². The van der Waals surface area contributed by atoms with Crippen LogP contribution in [0.3, 0.4) is 0 Å². The van der Waals surface area contributed by atoms with Gasteiger partial charge in [0.25, 0.3) is 5.91 Å². The van der Waals surface area contributed by atoms with Gasteiger partial charge in [-0.1, -0.05) is 12.1 Å². The molecule has 0 spiro atoms. The summed E-state index contributed by atoms with van der Waals surface area (Å²) in [6.07, 6.45) is 0.810. The number of nitrogens with one attached hydrogen (secondary N) is 1. The van der Waals surface area contributed by atoms with Crippen molar-refractivity contribution >= 4 is 22.4 Å². The second-order valence-electron chi connectivity index (χ2n) is 5.65. The van der Waals surface area contributed by atoms with Gasteiger partial charge in [-0.2, -0.15) is 0 Å². The predicted molar refractivity (Wildman–Crippen MR) is 97.9 cm³/mol. The van der Waals surface area contributed by atoms with E-state index in [0.29, 0.717) is 16.4 Å². The van der Waals surface area contributed by atoms with Crippen molar-refractivity contribution in [3.63, 3.8) is 0 Å². The van der Waals surface area contributed by atoms with Crippen LogP contribution in [0.15, 0.2) is 42.5 Å². The van der Waals surface area contributed by atoms with Crippen LogP contribution in [0, 0.1) is 0 Å². The summed E-state index contributed by atoms with van der Waals surface area (Å²) in [5.41, 5.74) is 3.74. The van der Waals surface area contributed by atoms with Crippen LogP contribution < -0.4 is 14.8 Å². The number of benzene rings is 2. The number of ether oxygens (including phenoxy) is 2. The fourth-order valence-corrected chi connectivity index (χ4v) is 3.97. The Hall–Kier alpha value is -2.86. The number of hydrogen-bond acceptors (Lipinski definition) is 5. The van der Waals surface area contributed by atoms with Crippen molar-refractivity contribution in [2.24, 2.45) is 0 Å². The first kappa shape index (κ1) is 15.7. The van der Waals surface area contributed by atoms with Crippen molar-refractivity contribution in [2.45, 2.75) is 6.42 Å². The van der Waals surface area contributed by atoms with Gasteiger partial charge < -0.3 is 9.47 Å². The third kappa shape index (κ3) is 2.74. The van der Waals surface area contributed by atoms with E-state index in [1.807, 2.05) is 30.3 Å². The molecule has 6 heteroatoms. The summed E-state index contributed by atoms with van der Waals surface area (Å²) >= 11 is 1.50. The smallest absolute Gasteiger partial charge is 0.261 e. The van der Waals surface area contributed by atoms with Gasteiger partial charge in [-0.3, -0.25) is 10.1 Å². The van der Waals surface area contributed by atoms with Gasteiger partial charge in [0.15, 0.2) is 5.13 Å². The summed E-state index contributed by atoms with van der Waals surface area (Å²) in [6, 6.07) is 13.1. The Morgan fingerprint density at radius 2 is 2.00 bits per heavy atom. The average molecular weight is 352 g/mol. The quantitative estimate of drug-likeness (QED) is 0.603. The molecular weight excluding hydrogens is 336 g/mol. The molecule has 0 radical (unpaired) electrons. The molecule has 0 unspecified atom stereocenters. The summed E-state index contributed by atoms with van der Waals surface area (Å²) in [7, 11) is 3.21. The molecule has 25 heavy (non-hydrogen) atoms. The van der Waals surface area contributed by atoms with E-state index in [-0.39, 0.29) is 5.91 Å². The standard InChI is InChI=1S/C19H16N2O3S/c1-23-12-7-8-13-11(9-12)10-16-17(13)20-19(25-16)21-18(22)14-5-3-4-6-15(14)24-2/h3-9H,10H2,1-2H3,(H,20,21,22). The molecule has 3 aromatic rings. The molecular formula is C19H16N2O3S. The summed E-state index contributed by atoms with van der Waals surface area (Å²) in [5, 5.41) is 3.48. The first-order valence-electron chi connectivity index (χ1n) is 7.81. The molecule has 5 nitrogen and oxygen atoms in total. The van der Waals surface area contributed by atoms with Gasteiger partial charge in [0.05, 0.1) is 25.5 Å². The maximum absolute atomic E-state index is 12.5. The molecule has 0 bridgehead atoms. The summed E-state index contributed by atoms with van der Waals surface area (Å²) in [6.45, 7) is 0. The molecule has 4 rings (SSSR count). The number of thiazole rings is 1. The molecule has 1 aliphatic carbocycles. The lowest BCUT2D eigenvalue weighted by Crippen LogP contribution is -2.12. The van der Waals surface area contributed by atoms with Crippen molar-refractivity contribution in [3.8, 4) is 22.8 Å². The molecule has 0 atom stereocenters. The van der Waals surface area contributed by atoms with Crippen molar-refractivity contribution in [2.75, 3.05) is 19.5 Å². The van der Waals surface area contributed by atoms with E-state index in [4.69, 9.17) is 9.47 Å². The van der Waals surface area contributed by atoms with Crippen LogP contribution in [-0.2, 0) is 6.42 Å². The zero-order valence-corrected chi connectivity index (χ0v) is 14.6. The normalized spacial score (nSPS) is 11.6. The van der Waals surface area contributed by atoms with E-state index in [1.165, 1.54) is 16.9 Å². The maximum atomic E-state index is 12.5. The van der Waals surface area contributed by atoms with Crippen LogP contribution in [0.2, 0.25) is 0 Å². The van der Waals surface area contributed by atoms with Crippen LogP contribution >= 0.6 is 11.3 Å². The van der Waals surface area contributed by atoms with Crippen LogP contribution in [0.1, 0.15) is 20.8 Å². The van der Waals surface area contributed by atoms with E-state index in [2.05, 4.69) is 10.3 Å². The lowest BCUT2D eigenvalue weighted by molar-refractivity contribution is 0.102. The fraction of sp³-hybridized carbons (Fsp3) is 0.158. The largest absolute Gasteiger partial charge is 0.497 e. The minimum absolute atomic E-state index is 0.222. The first-order chi connectivity index (χ1) is 12.2. The topological polar surface area (TPSA) is 60.5 Å². The number of rotatable bonds is 4. The molecule has 126 valence electrons. The number of hydrogen-bond donors (Lipinski definition) is 1. The molecule has 1 heterocycles. The Balaban J connectivity index is 1.59. The SMILES string of the molecule is COc1ccc2c(c1)Cc1sc(NC(=O)c3ccccc3OC)nc1-2. The monoisotopic (exact) mass is 352 g/mol. The minimum Gasteiger partial charge on any atom is -0.497 e. The lowest BCUT2D eigenvalue weighted by atomic mass is 10.1. The van der Waals surface area contributed by atoms with Crippen LogP contribution in [-0.4, -0.2) is 25.1 Å². The van der Waals surface area contributed by atoms with Gasteiger partial charge in [0.2, 0.25) is 0 Å². The molecule has 1 aliphatic rings. The summed E-state index contributed by atoms with van der Waals surface area (Å²) in [5.74, 6) is 1.17. The van der Waals surface area contributed by atoms with E-state index in [1.54, 1.807) is 26.4 Å². The number of methoxy groups -OCH3 is 2. The number of para-hydroxylation sites is 1. The van der Waals surface area contributed by atoms with Gasteiger partial charge in [-0.05, 0) is 35.9 Å². The van der Waals surface area contributed by atoms with Crippen LogP contribution in [0.4, 0.5) is 5.13 Å². The summed E-state index contributed by atoms with van der Waals surface area (Å²) < 4.78 is 10.5. The van der Waals surface area contributed by atoms with Gasteiger partial charge in [-0.25, -0.2) is 4.98 Å². The van der Waals surface area contributed by atoms with Crippen molar-refractivity contribution in [1.82, 2.24) is 4.98 Å². The van der Waals surface area contributed by atoms with Crippen molar-refractivity contribution < 1.29 is 14.3 Å². The van der Waals surface area contributed by atoms with E-state index >= 15 is 0 Å². The summed E-state index contributed by atoms with van der Waals surface area (Å²) in [4.78, 5) is 18.3. The second-order valence-corrected chi connectivity index (χ2v) is 6.73. The van der Waals surface area contributed by atoms with Gasteiger partial charge in [-0.15, -0.1) is 11.3 Å². The molecule has 1 N–H and O–H groups in total. The number of aromatic nitrogens is 1. The molecule has 0 saturated heterocycles. The Kier molecular flexibility index (Phi) is 3.89. The van der Waals surface area contributed by atoms with Crippen molar-refractivity contribution in [1.29, 1.82) is 0 Å². The Bertz CT molecular complexity index is 965. The number of carbonyl (C=O) groups excluding carboxylic acids is 1. The number of nitrogens with zero attached hydrogens (tertiary/aromatic N) is 1. The minimum atomic E-state index is -0.222. The molecule has 0 fully saturated rings. The first-order valence-corrected chi connectivity index (χ1v) is 8.62. The second kappa shape index (κ2) is 6.22. The highest BCUT2D eigenvalue weighted by Crippen LogP contribution is 2.42. The van der Waals surface area contributed by atoms with Crippen LogP contribution in [0.5, 0.6) is 11.5 Å². The maximum Gasteiger partial charge on any atom is 0.261 e. The highest BCUT2D eigenvalue weighted by molar-refractivity contribution is 7.16. The molecule has 0 saturated carbocycles. The van der Waals surface area contributed by atoms with Crippen LogP contribution in [0.25, 0.3) is 11.3 Å². The van der Waals surface area contributed by atoms with Gasteiger partial charge in [0, 0.05) is 16.9 Å². The fourth-order valence-electron chi connectivity index (χ4n) is 2.98. The van der Waals surface area contributed by atoms with Gasteiger partial charge >= 0.3 is 0 Å². The number of amides is 1. The molecule has 2 aromatic carbocycles. The van der Waals surface area contributed by atoms with Crippen molar-refractivity contribution in [3.05, 3.63) is 58.5 Å². The molecule has 1 aromatic heterocycles. The number of carbonyl (C=O) groups is 1. The molecule has 1 amide bonds. The zero-order chi connectivity index (χ0) is 17.4. The molecule has 0 aliphatic heterocycles. The number of anilines is 1. The Morgan fingerprint density at radius 1 is 1.16 bits per heavy atom. The average Bonchev–Trinajstić information content (AvgIpc) is 3.17. The number of fused-ring (bicyclic) bond motifs is 3. The highest BCUT2D eigenvalue weighted by atomic mass is 32.1. The lowest BCUT2D eigenvalue weighted by Gasteiger charge is -2.07. The third-order valence-electron chi connectivity index (χ3n) is 4.19. The highest BCUT2D eigenvalue weighted by Gasteiger charge is 2.24. The van der Waals surface area contributed by atoms with E-state index in [9.17, 15) is 4.79 Å². The predicted octanol–water partition coefficient (Wildman–Crippen LogP) is 3.98. The van der Waals surface area contributed by atoms with E-state index < -0.39 is 0 Å². The zero-order valence-electron chi connectivity index (χ0n) is 13.8.